The summed E-state index contributed by atoms with van der Waals surface area (Å²) >= 11 is 0. The fourth-order valence-electron chi connectivity index (χ4n) is 3.20. The van der Waals surface area contributed by atoms with Crippen LogP contribution in [0, 0.1) is 0 Å². The predicted molar refractivity (Wildman–Crippen MR) is 76.4 cm³/mol. The Labute approximate surface area is 113 Å². The number of aryl methyl sites for hydroxylation is 1. The summed E-state index contributed by atoms with van der Waals surface area (Å²) in [5.41, 5.74) is 4.73. The van der Waals surface area contributed by atoms with Gasteiger partial charge in [-0.25, -0.2) is 0 Å². The van der Waals surface area contributed by atoms with Gasteiger partial charge < -0.3 is 14.8 Å². The van der Waals surface area contributed by atoms with Gasteiger partial charge in [-0.2, -0.15) is 0 Å². The van der Waals surface area contributed by atoms with Crippen LogP contribution in [0.1, 0.15) is 37.1 Å². The number of hydrogen-bond acceptors (Lipinski definition) is 2. The van der Waals surface area contributed by atoms with E-state index in [4.69, 9.17) is 4.74 Å². The summed E-state index contributed by atoms with van der Waals surface area (Å²) in [6.07, 6.45) is 2.60. The molecule has 0 amide bonds. The van der Waals surface area contributed by atoms with Crippen LogP contribution in [0.25, 0.3) is 10.9 Å². The van der Waals surface area contributed by atoms with E-state index in [0.29, 0.717) is 6.42 Å². The SMILES string of the molecule is CCc1cccc2c3c([nH]c12)C(C)(CCO)OCC3. The number of aliphatic hydroxyl groups is 1. The van der Waals surface area contributed by atoms with Crippen molar-refractivity contribution in [2.24, 2.45) is 0 Å². The summed E-state index contributed by atoms with van der Waals surface area (Å²) < 4.78 is 5.94. The summed E-state index contributed by atoms with van der Waals surface area (Å²) in [6, 6.07) is 6.50. The van der Waals surface area contributed by atoms with E-state index in [0.717, 1.165) is 25.1 Å². The van der Waals surface area contributed by atoms with Crippen molar-refractivity contribution in [3.05, 3.63) is 35.0 Å². The van der Waals surface area contributed by atoms with E-state index in [2.05, 4.69) is 37.0 Å². The first kappa shape index (κ1) is 12.7. The Bertz CT molecular complexity index is 602. The highest BCUT2D eigenvalue weighted by Gasteiger charge is 2.35. The Morgan fingerprint density at radius 3 is 3.00 bits per heavy atom. The van der Waals surface area contributed by atoms with Gasteiger partial charge in [0, 0.05) is 23.9 Å². The van der Waals surface area contributed by atoms with Crippen LogP contribution in [-0.2, 0) is 23.2 Å². The molecule has 3 rings (SSSR count). The van der Waals surface area contributed by atoms with Gasteiger partial charge in [0.2, 0.25) is 0 Å². The van der Waals surface area contributed by atoms with Gasteiger partial charge in [-0.1, -0.05) is 25.1 Å². The normalized spacial score (nSPS) is 22.7. The van der Waals surface area contributed by atoms with E-state index in [1.165, 1.54) is 22.0 Å². The maximum Gasteiger partial charge on any atom is 0.107 e. The van der Waals surface area contributed by atoms with Crippen LogP contribution in [0.5, 0.6) is 0 Å². The zero-order chi connectivity index (χ0) is 13.5. The molecule has 0 radical (unpaired) electrons. The van der Waals surface area contributed by atoms with Gasteiger partial charge in [0.05, 0.1) is 12.3 Å². The van der Waals surface area contributed by atoms with Crippen molar-refractivity contribution in [3.8, 4) is 0 Å². The fourth-order valence-corrected chi connectivity index (χ4v) is 3.20. The van der Waals surface area contributed by atoms with E-state index in [1.54, 1.807) is 0 Å². The largest absolute Gasteiger partial charge is 0.396 e. The molecule has 0 aliphatic carbocycles. The lowest BCUT2D eigenvalue weighted by Gasteiger charge is -2.33. The van der Waals surface area contributed by atoms with Crippen LogP contribution in [0.2, 0.25) is 0 Å². The Hall–Kier alpha value is -1.32. The van der Waals surface area contributed by atoms with Crippen LogP contribution in [0.15, 0.2) is 18.2 Å². The third kappa shape index (κ3) is 1.88. The fraction of sp³-hybridized carbons (Fsp3) is 0.500. The van der Waals surface area contributed by atoms with E-state index < -0.39 is 0 Å². The number of benzene rings is 1. The topological polar surface area (TPSA) is 45.2 Å². The minimum absolute atomic E-state index is 0.145. The van der Waals surface area contributed by atoms with Crippen LogP contribution in [0.4, 0.5) is 0 Å². The highest BCUT2D eigenvalue weighted by Crippen LogP contribution is 2.39. The highest BCUT2D eigenvalue weighted by atomic mass is 16.5. The van der Waals surface area contributed by atoms with Crippen LogP contribution < -0.4 is 0 Å². The molecule has 1 aromatic carbocycles. The second kappa shape index (κ2) is 4.66. The van der Waals surface area contributed by atoms with Crippen molar-refractivity contribution in [1.29, 1.82) is 0 Å². The molecule has 1 unspecified atom stereocenters. The van der Waals surface area contributed by atoms with Crippen molar-refractivity contribution in [2.45, 2.75) is 38.7 Å². The summed E-state index contributed by atoms with van der Waals surface area (Å²) in [5.74, 6) is 0. The van der Waals surface area contributed by atoms with Crippen LogP contribution in [0.3, 0.4) is 0 Å². The molecule has 102 valence electrons. The average molecular weight is 259 g/mol. The lowest BCUT2D eigenvalue weighted by atomic mass is 9.90. The molecule has 3 nitrogen and oxygen atoms in total. The Balaban J connectivity index is 2.23. The summed E-state index contributed by atoms with van der Waals surface area (Å²) in [6.45, 7) is 5.12. The molecule has 1 aliphatic rings. The van der Waals surface area contributed by atoms with E-state index in [1.807, 2.05) is 0 Å². The van der Waals surface area contributed by atoms with Gasteiger partial charge in [0.1, 0.15) is 5.60 Å². The Morgan fingerprint density at radius 1 is 1.42 bits per heavy atom. The molecule has 0 fully saturated rings. The third-order valence-electron chi connectivity index (χ3n) is 4.30. The quantitative estimate of drug-likeness (QED) is 0.890. The first-order valence-electron chi connectivity index (χ1n) is 7.07. The molecular weight excluding hydrogens is 238 g/mol. The monoisotopic (exact) mass is 259 g/mol. The number of fused-ring (bicyclic) bond motifs is 3. The average Bonchev–Trinajstić information content (AvgIpc) is 2.79. The highest BCUT2D eigenvalue weighted by molar-refractivity contribution is 5.88. The molecule has 2 aromatic rings. The van der Waals surface area contributed by atoms with Gasteiger partial charge in [-0.15, -0.1) is 0 Å². The molecule has 0 spiro atoms. The summed E-state index contributed by atoms with van der Waals surface area (Å²) in [4.78, 5) is 3.57. The lowest BCUT2D eigenvalue weighted by molar-refractivity contribution is -0.0628. The van der Waals surface area contributed by atoms with E-state index in [-0.39, 0.29) is 12.2 Å². The molecule has 2 heterocycles. The number of H-pyrrole nitrogens is 1. The molecule has 0 saturated carbocycles. The number of nitrogens with one attached hydrogen (secondary N) is 1. The number of aromatic amines is 1. The van der Waals surface area contributed by atoms with Crippen molar-refractivity contribution >= 4 is 10.9 Å². The molecule has 1 aliphatic heterocycles. The molecule has 2 N–H and O–H groups in total. The van der Waals surface area contributed by atoms with Crippen molar-refractivity contribution in [2.75, 3.05) is 13.2 Å². The molecular formula is C16H21NO2. The zero-order valence-electron chi connectivity index (χ0n) is 11.6. The van der Waals surface area contributed by atoms with Gasteiger partial charge in [-0.3, -0.25) is 0 Å². The third-order valence-corrected chi connectivity index (χ3v) is 4.30. The number of aliphatic hydroxyl groups excluding tert-OH is 1. The summed E-state index contributed by atoms with van der Waals surface area (Å²) in [5, 5.41) is 10.6. The van der Waals surface area contributed by atoms with Crippen molar-refractivity contribution < 1.29 is 9.84 Å². The standard InChI is InChI=1S/C16H21NO2/c1-3-11-5-4-6-12-13-7-10-19-16(2,8-9-18)15(13)17-14(11)12/h4-6,17-18H,3,7-10H2,1-2H3. The van der Waals surface area contributed by atoms with Crippen LogP contribution >= 0.6 is 0 Å². The Morgan fingerprint density at radius 2 is 2.26 bits per heavy atom. The number of para-hydroxylation sites is 1. The van der Waals surface area contributed by atoms with Crippen LogP contribution in [-0.4, -0.2) is 23.3 Å². The van der Waals surface area contributed by atoms with Gasteiger partial charge in [0.15, 0.2) is 0 Å². The maximum atomic E-state index is 9.29. The molecule has 1 atom stereocenters. The second-order valence-corrected chi connectivity index (χ2v) is 5.47. The number of aromatic nitrogens is 1. The Kier molecular flexibility index (Phi) is 3.11. The summed E-state index contributed by atoms with van der Waals surface area (Å²) in [7, 11) is 0. The first-order chi connectivity index (χ1) is 9.19. The van der Waals surface area contributed by atoms with Gasteiger partial charge in [0.25, 0.3) is 0 Å². The van der Waals surface area contributed by atoms with Crippen molar-refractivity contribution in [1.82, 2.24) is 4.98 Å². The first-order valence-corrected chi connectivity index (χ1v) is 7.07. The molecule has 3 heteroatoms. The van der Waals surface area contributed by atoms with Gasteiger partial charge in [-0.05, 0) is 30.9 Å². The minimum Gasteiger partial charge on any atom is -0.396 e. The number of rotatable bonds is 3. The molecule has 0 bridgehead atoms. The van der Waals surface area contributed by atoms with Gasteiger partial charge >= 0.3 is 0 Å². The molecule has 0 saturated heterocycles. The minimum atomic E-state index is -0.383. The lowest BCUT2D eigenvalue weighted by Crippen LogP contribution is -2.33. The predicted octanol–water partition coefficient (Wildman–Crippen LogP) is 2.90. The molecule has 19 heavy (non-hydrogen) atoms. The second-order valence-electron chi connectivity index (χ2n) is 5.47. The number of ether oxygens (including phenoxy) is 1. The number of hydrogen-bond donors (Lipinski definition) is 2. The van der Waals surface area contributed by atoms with E-state index in [9.17, 15) is 5.11 Å². The smallest absolute Gasteiger partial charge is 0.107 e. The zero-order valence-corrected chi connectivity index (χ0v) is 11.6. The maximum absolute atomic E-state index is 9.29. The van der Waals surface area contributed by atoms with Crippen molar-refractivity contribution in [3.63, 3.8) is 0 Å². The van der Waals surface area contributed by atoms with E-state index >= 15 is 0 Å². The molecule has 1 aromatic heterocycles.